The Labute approximate surface area is 159 Å². The first-order valence-electron chi connectivity index (χ1n) is 8.40. The van der Waals surface area contributed by atoms with Crippen molar-refractivity contribution in [2.45, 2.75) is 19.4 Å². The van der Waals surface area contributed by atoms with Gasteiger partial charge in [-0.05, 0) is 30.2 Å². The summed E-state index contributed by atoms with van der Waals surface area (Å²) in [6, 6.07) is 15.7. The summed E-state index contributed by atoms with van der Waals surface area (Å²) in [4.78, 5) is 24.0. The van der Waals surface area contributed by atoms with Crippen molar-refractivity contribution in [1.82, 2.24) is 10.6 Å². The minimum Gasteiger partial charge on any atom is -0.348 e. The van der Waals surface area contributed by atoms with E-state index in [9.17, 15) is 18.0 Å². The molecule has 2 aromatic carbocycles. The molecule has 0 saturated heterocycles. The summed E-state index contributed by atoms with van der Waals surface area (Å²) < 4.78 is 25.0. The Bertz CT molecular complexity index is 898. The van der Waals surface area contributed by atoms with Gasteiger partial charge in [-0.2, -0.15) is 0 Å². The Morgan fingerprint density at radius 2 is 1.70 bits per heavy atom. The van der Waals surface area contributed by atoms with Crippen LogP contribution < -0.4 is 15.4 Å². The molecule has 0 aliphatic rings. The van der Waals surface area contributed by atoms with Gasteiger partial charge < -0.3 is 10.6 Å². The second-order valence-electron chi connectivity index (χ2n) is 6.23. The van der Waals surface area contributed by atoms with E-state index < -0.39 is 10.0 Å². The molecule has 3 N–H and O–H groups in total. The molecule has 0 heterocycles. The summed E-state index contributed by atoms with van der Waals surface area (Å²) in [5, 5.41) is 5.36. The molecular formula is C19H23N3O4S. The number of benzene rings is 2. The maximum Gasteiger partial charge on any atom is 0.239 e. The van der Waals surface area contributed by atoms with Crippen LogP contribution in [0.1, 0.15) is 24.1 Å². The van der Waals surface area contributed by atoms with E-state index in [2.05, 4.69) is 15.4 Å². The third-order valence-electron chi connectivity index (χ3n) is 3.72. The average molecular weight is 389 g/mol. The molecule has 0 radical (unpaired) electrons. The minimum absolute atomic E-state index is 0.128. The molecule has 8 heteroatoms. The quantitative estimate of drug-likeness (QED) is 0.638. The van der Waals surface area contributed by atoms with E-state index in [-0.39, 0.29) is 30.8 Å². The summed E-state index contributed by atoms with van der Waals surface area (Å²) >= 11 is 0. The lowest BCUT2D eigenvalue weighted by molar-refractivity contribution is -0.126. The van der Waals surface area contributed by atoms with Gasteiger partial charge >= 0.3 is 0 Å². The zero-order valence-corrected chi connectivity index (χ0v) is 16.0. The van der Waals surface area contributed by atoms with Crippen molar-refractivity contribution >= 4 is 27.5 Å². The van der Waals surface area contributed by atoms with Crippen LogP contribution in [0, 0.1) is 0 Å². The lowest BCUT2D eigenvalue weighted by Crippen LogP contribution is -2.38. The monoisotopic (exact) mass is 389 g/mol. The maximum absolute atomic E-state index is 12.1. The molecule has 0 aliphatic heterocycles. The minimum atomic E-state index is -3.37. The number of carbonyl (C=O) groups excluding carboxylic acids is 2. The smallest absolute Gasteiger partial charge is 0.239 e. The van der Waals surface area contributed by atoms with Crippen molar-refractivity contribution < 1.29 is 18.0 Å². The molecule has 2 amide bonds. The summed E-state index contributed by atoms with van der Waals surface area (Å²) in [6.07, 6.45) is 1.28. The first kappa shape index (κ1) is 20.4. The summed E-state index contributed by atoms with van der Waals surface area (Å²) in [5.41, 5.74) is 2.04. The zero-order chi connectivity index (χ0) is 19.9. The number of anilines is 1. The van der Waals surface area contributed by atoms with Gasteiger partial charge in [0.15, 0.2) is 0 Å². The van der Waals surface area contributed by atoms with Crippen LogP contribution >= 0.6 is 0 Å². The highest BCUT2D eigenvalue weighted by atomic mass is 32.2. The van der Waals surface area contributed by atoms with Gasteiger partial charge in [-0.25, -0.2) is 8.42 Å². The summed E-state index contributed by atoms with van der Waals surface area (Å²) in [5.74, 6) is -0.561. The van der Waals surface area contributed by atoms with E-state index in [4.69, 9.17) is 0 Å². The van der Waals surface area contributed by atoms with Crippen LogP contribution in [0.4, 0.5) is 5.69 Å². The van der Waals surface area contributed by atoms with Gasteiger partial charge in [-0.15, -0.1) is 0 Å². The first-order chi connectivity index (χ1) is 12.7. The van der Waals surface area contributed by atoms with Crippen LogP contribution in [0.3, 0.4) is 0 Å². The molecular weight excluding hydrogens is 366 g/mol. The number of sulfonamides is 1. The van der Waals surface area contributed by atoms with E-state index in [0.717, 1.165) is 17.4 Å². The highest BCUT2D eigenvalue weighted by Crippen LogP contribution is 2.18. The Morgan fingerprint density at radius 1 is 1.00 bits per heavy atom. The predicted molar refractivity (Wildman–Crippen MR) is 105 cm³/mol. The number of amides is 2. The van der Waals surface area contributed by atoms with E-state index in [0.29, 0.717) is 5.69 Å². The molecule has 1 unspecified atom stereocenters. The fraction of sp³-hybridized carbons (Fsp3) is 0.263. The lowest BCUT2D eigenvalue weighted by atomic mass is 10.1. The highest BCUT2D eigenvalue weighted by molar-refractivity contribution is 7.92. The fourth-order valence-corrected chi connectivity index (χ4v) is 3.04. The number of nitrogens with one attached hydrogen (secondary N) is 3. The van der Waals surface area contributed by atoms with Gasteiger partial charge in [-0.1, -0.05) is 42.5 Å². The van der Waals surface area contributed by atoms with Crippen LogP contribution in [0.15, 0.2) is 54.6 Å². The van der Waals surface area contributed by atoms with Crippen molar-refractivity contribution in [2.24, 2.45) is 0 Å². The predicted octanol–water partition coefficient (Wildman–Crippen LogP) is 1.59. The van der Waals surface area contributed by atoms with Crippen molar-refractivity contribution in [1.29, 1.82) is 0 Å². The molecule has 0 saturated carbocycles. The number of hydrogen-bond donors (Lipinski definition) is 3. The van der Waals surface area contributed by atoms with Crippen LogP contribution in [-0.2, 0) is 26.0 Å². The maximum atomic E-state index is 12.1. The molecule has 144 valence electrons. The van der Waals surface area contributed by atoms with Crippen molar-refractivity contribution in [3.05, 3.63) is 65.7 Å². The first-order valence-corrected chi connectivity index (χ1v) is 10.3. The average Bonchev–Trinajstić information content (AvgIpc) is 2.59. The number of hydrogen-bond acceptors (Lipinski definition) is 4. The fourth-order valence-electron chi connectivity index (χ4n) is 2.48. The Kier molecular flexibility index (Phi) is 6.95. The highest BCUT2D eigenvalue weighted by Gasteiger charge is 2.12. The van der Waals surface area contributed by atoms with E-state index in [1.807, 2.05) is 30.3 Å². The van der Waals surface area contributed by atoms with Gasteiger partial charge in [0, 0.05) is 5.69 Å². The number of carbonyl (C=O) groups is 2. The molecule has 7 nitrogen and oxygen atoms in total. The topological polar surface area (TPSA) is 104 Å². The third kappa shape index (κ3) is 7.49. The van der Waals surface area contributed by atoms with Crippen LogP contribution in [0.25, 0.3) is 0 Å². The number of rotatable bonds is 8. The largest absolute Gasteiger partial charge is 0.348 e. The summed E-state index contributed by atoms with van der Waals surface area (Å²) in [7, 11) is -3.37. The molecule has 0 aliphatic carbocycles. The van der Waals surface area contributed by atoms with E-state index in [1.54, 1.807) is 31.2 Å². The normalized spacial score (nSPS) is 12.1. The molecule has 2 aromatic rings. The Balaban J connectivity index is 1.84. The molecule has 0 aromatic heterocycles. The van der Waals surface area contributed by atoms with Gasteiger partial charge in [0.1, 0.15) is 0 Å². The SMILES string of the molecule is CC(NC(=O)CNC(=O)Cc1ccccc1)c1cccc(NS(C)(=O)=O)c1. The second kappa shape index (κ2) is 9.18. The molecule has 0 fully saturated rings. The molecule has 0 bridgehead atoms. The van der Waals surface area contributed by atoms with Crippen molar-refractivity contribution in [3.63, 3.8) is 0 Å². The van der Waals surface area contributed by atoms with Crippen LogP contribution in [-0.4, -0.2) is 33.0 Å². The van der Waals surface area contributed by atoms with Gasteiger partial charge in [0.2, 0.25) is 21.8 Å². The van der Waals surface area contributed by atoms with Gasteiger partial charge in [0.05, 0.1) is 25.3 Å². The Hall–Kier alpha value is -2.87. The van der Waals surface area contributed by atoms with E-state index in [1.165, 1.54) is 0 Å². The lowest BCUT2D eigenvalue weighted by Gasteiger charge is -2.16. The molecule has 0 spiro atoms. The third-order valence-corrected chi connectivity index (χ3v) is 4.33. The van der Waals surface area contributed by atoms with Gasteiger partial charge in [-0.3, -0.25) is 14.3 Å². The van der Waals surface area contributed by atoms with Gasteiger partial charge in [0.25, 0.3) is 0 Å². The molecule has 2 rings (SSSR count). The van der Waals surface area contributed by atoms with Crippen molar-refractivity contribution in [3.8, 4) is 0 Å². The summed E-state index contributed by atoms with van der Waals surface area (Å²) in [6.45, 7) is 1.65. The van der Waals surface area contributed by atoms with Crippen LogP contribution in [0.5, 0.6) is 0 Å². The molecule has 1 atom stereocenters. The van der Waals surface area contributed by atoms with E-state index >= 15 is 0 Å². The second-order valence-corrected chi connectivity index (χ2v) is 7.98. The van der Waals surface area contributed by atoms with Crippen molar-refractivity contribution in [2.75, 3.05) is 17.5 Å². The Morgan fingerprint density at radius 3 is 2.37 bits per heavy atom. The van der Waals surface area contributed by atoms with Crippen LogP contribution in [0.2, 0.25) is 0 Å². The zero-order valence-electron chi connectivity index (χ0n) is 15.2. The molecule has 27 heavy (non-hydrogen) atoms. The standard InChI is InChI=1S/C19H23N3O4S/c1-14(16-9-6-10-17(12-16)22-27(2,25)26)21-19(24)13-20-18(23)11-15-7-4-3-5-8-15/h3-10,12,14,22H,11,13H2,1-2H3,(H,20,23)(H,21,24).